The predicted molar refractivity (Wildman–Crippen MR) is 159 cm³/mol. The van der Waals surface area contributed by atoms with Crippen LogP contribution >= 0.6 is 0 Å². The summed E-state index contributed by atoms with van der Waals surface area (Å²) in [5.41, 5.74) is 9.91. The molecule has 0 unspecified atom stereocenters. The van der Waals surface area contributed by atoms with Crippen LogP contribution in [0.3, 0.4) is 0 Å². The van der Waals surface area contributed by atoms with E-state index in [1.807, 2.05) is 31.2 Å². The number of likely N-dealkylation sites (N-methyl/N-ethyl adjacent to an activating group) is 1. The molecule has 1 saturated heterocycles. The molecule has 2 aromatic heterocycles. The van der Waals surface area contributed by atoms with Gasteiger partial charge in [-0.2, -0.15) is 4.98 Å². The topological polar surface area (TPSA) is 135 Å². The van der Waals surface area contributed by atoms with Crippen LogP contribution in [0.15, 0.2) is 36.7 Å². The van der Waals surface area contributed by atoms with Gasteiger partial charge in [-0.15, -0.1) is 0 Å². The van der Waals surface area contributed by atoms with Gasteiger partial charge in [0.1, 0.15) is 5.82 Å². The van der Waals surface area contributed by atoms with Crippen molar-refractivity contribution in [2.45, 2.75) is 19.8 Å². The molecule has 12 heteroatoms. The molecule has 0 atom stereocenters. The standard InChI is InChI=1S/C29H39N9O3/c1-3-40-15-12-36(2)10-5-9-31-27(39)21-6-4-7-23(18-21)38-11-8-24-25(22-19-32-28(30)33-20-22)34-29(35-26(24)38)37-13-16-41-17-14-37/h4,6-7,18-20H,3,5,8-17H2,1-2H3,(H,31,39)(H2,30,32,33). The largest absolute Gasteiger partial charge is 0.380 e. The van der Waals surface area contributed by atoms with E-state index in [9.17, 15) is 4.79 Å². The molecule has 3 aromatic rings. The second-order valence-electron chi connectivity index (χ2n) is 10.2. The maximum absolute atomic E-state index is 13.0. The number of nitrogen functional groups attached to an aromatic ring is 1. The van der Waals surface area contributed by atoms with Gasteiger partial charge in [-0.3, -0.25) is 4.79 Å². The minimum Gasteiger partial charge on any atom is -0.380 e. The van der Waals surface area contributed by atoms with Gasteiger partial charge >= 0.3 is 0 Å². The van der Waals surface area contributed by atoms with Gasteiger partial charge in [-0.1, -0.05) is 6.07 Å². The summed E-state index contributed by atoms with van der Waals surface area (Å²) >= 11 is 0. The molecule has 1 aromatic carbocycles. The van der Waals surface area contributed by atoms with Crippen molar-refractivity contribution in [3.8, 4) is 11.3 Å². The first kappa shape index (κ1) is 28.7. The number of ether oxygens (including phenoxy) is 2. The fourth-order valence-electron chi connectivity index (χ4n) is 5.04. The van der Waals surface area contributed by atoms with Crippen LogP contribution in [0.25, 0.3) is 11.3 Å². The van der Waals surface area contributed by atoms with Crippen LogP contribution in [0.1, 0.15) is 29.3 Å². The number of aromatic nitrogens is 4. The quantitative estimate of drug-likeness (QED) is 0.315. The highest BCUT2D eigenvalue weighted by molar-refractivity contribution is 5.95. The average Bonchev–Trinajstić information content (AvgIpc) is 3.44. The van der Waals surface area contributed by atoms with Crippen LogP contribution in [-0.2, 0) is 15.9 Å². The summed E-state index contributed by atoms with van der Waals surface area (Å²) in [4.78, 5) is 37.9. The van der Waals surface area contributed by atoms with Crippen molar-refractivity contribution in [3.63, 3.8) is 0 Å². The van der Waals surface area contributed by atoms with Crippen molar-refractivity contribution in [1.29, 1.82) is 0 Å². The van der Waals surface area contributed by atoms with Gasteiger partial charge in [0.2, 0.25) is 11.9 Å². The summed E-state index contributed by atoms with van der Waals surface area (Å²) in [5.74, 6) is 1.62. The highest BCUT2D eigenvalue weighted by atomic mass is 16.5. The fraction of sp³-hybridized carbons (Fsp3) is 0.483. The Bertz CT molecular complexity index is 1320. The molecule has 1 fully saturated rings. The molecule has 0 radical (unpaired) electrons. The molecular weight excluding hydrogens is 522 g/mol. The van der Waals surface area contributed by atoms with Crippen molar-refractivity contribution >= 4 is 29.3 Å². The number of carbonyl (C=O) groups is 1. The molecule has 2 aliphatic heterocycles. The van der Waals surface area contributed by atoms with Crippen LogP contribution in [0.2, 0.25) is 0 Å². The fourth-order valence-corrected chi connectivity index (χ4v) is 5.04. The normalized spacial score (nSPS) is 14.9. The number of anilines is 4. The Morgan fingerprint density at radius 1 is 1.15 bits per heavy atom. The maximum atomic E-state index is 13.0. The third kappa shape index (κ3) is 7.07. The molecule has 41 heavy (non-hydrogen) atoms. The number of morpholine rings is 1. The van der Waals surface area contributed by atoms with Crippen LogP contribution in [0.4, 0.5) is 23.4 Å². The first-order chi connectivity index (χ1) is 20.0. The number of benzene rings is 1. The van der Waals surface area contributed by atoms with E-state index in [0.717, 1.165) is 74.0 Å². The number of nitrogens with one attached hydrogen (secondary N) is 1. The minimum atomic E-state index is -0.0837. The van der Waals surface area contributed by atoms with Gasteiger partial charge in [0.15, 0.2) is 0 Å². The molecule has 0 aliphatic carbocycles. The van der Waals surface area contributed by atoms with Crippen LogP contribution in [-0.4, -0.2) is 103 Å². The van der Waals surface area contributed by atoms with Crippen molar-refractivity contribution in [2.75, 3.05) is 88.3 Å². The van der Waals surface area contributed by atoms with Crippen molar-refractivity contribution in [3.05, 3.63) is 47.8 Å². The van der Waals surface area contributed by atoms with Crippen LogP contribution in [0.5, 0.6) is 0 Å². The van der Waals surface area contributed by atoms with Crippen molar-refractivity contribution in [2.24, 2.45) is 0 Å². The summed E-state index contributed by atoms with van der Waals surface area (Å²) < 4.78 is 11.0. The summed E-state index contributed by atoms with van der Waals surface area (Å²) in [5, 5.41) is 3.06. The van der Waals surface area contributed by atoms with E-state index in [1.165, 1.54) is 0 Å². The minimum absolute atomic E-state index is 0.0837. The van der Waals surface area contributed by atoms with E-state index < -0.39 is 0 Å². The lowest BCUT2D eigenvalue weighted by atomic mass is 10.1. The number of carbonyl (C=O) groups excluding carboxylic acids is 1. The zero-order chi connectivity index (χ0) is 28.6. The third-order valence-electron chi connectivity index (χ3n) is 7.30. The molecule has 2 aliphatic rings. The Morgan fingerprint density at radius 3 is 2.73 bits per heavy atom. The number of hydrogen-bond acceptors (Lipinski definition) is 11. The Hall–Kier alpha value is -3.87. The Morgan fingerprint density at radius 2 is 1.95 bits per heavy atom. The maximum Gasteiger partial charge on any atom is 0.251 e. The van der Waals surface area contributed by atoms with E-state index in [-0.39, 0.29) is 11.9 Å². The number of hydrogen-bond donors (Lipinski definition) is 2. The Kier molecular flexibility index (Phi) is 9.55. The summed E-state index contributed by atoms with van der Waals surface area (Å²) in [7, 11) is 2.07. The summed E-state index contributed by atoms with van der Waals surface area (Å²) in [6.45, 7) is 9.25. The predicted octanol–water partition coefficient (Wildman–Crippen LogP) is 2.13. The number of nitrogens with zero attached hydrogens (tertiary/aromatic N) is 7. The van der Waals surface area contributed by atoms with E-state index >= 15 is 0 Å². The molecular formula is C29H39N9O3. The molecule has 3 N–H and O–H groups in total. The van der Waals surface area contributed by atoms with Crippen LogP contribution < -0.4 is 20.9 Å². The second-order valence-corrected chi connectivity index (χ2v) is 10.2. The molecule has 0 bridgehead atoms. The lowest BCUT2D eigenvalue weighted by molar-refractivity contribution is 0.0949. The number of nitrogens with two attached hydrogens (primary N) is 1. The van der Waals surface area contributed by atoms with E-state index in [4.69, 9.17) is 25.2 Å². The second kappa shape index (κ2) is 13.7. The van der Waals surface area contributed by atoms with E-state index in [2.05, 4.69) is 37.0 Å². The Balaban J connectivity index is 1.33. The smallest absolute Gasteiger partial charge is 0.251 e. The van der Waals surface area contributed by atoms with Gasteiger partial charge < -0.3 is 35.2 Å². The highest BCUT2D eigenvalue weighted by Gasteiger charge is 2.29. The van der Waals surface area contributed by atoms with Crippen molar-refractivity contribution < 1.29 is 14.3 Å². The first-order valence-electron chi connectivity index (χ1n) is 14.3. The number of rotatable bonds is 12. The van der Waals surface area contributed by atoms with Gasteiger partial charge in [-0.05, 0) is 51.6 Å². The molecule has 1 amide bonds. The van der Waals surface area contributed by atoms with Gasteiger partial charge in [0.25, 0.3) is 5.91 Å². The lowest BCUT2D eigenvalue weighted by Crippen LogP contribution is -2.37. The van der Waals surface area contributed by atoms with E-state index in [1.54, 1.807) is 12.4 Å². The molecule has 4 heterocycles. The molecule has 5 rings (SSSR count). The molecule has 12 nitrogen and oxygen atoms in total. The van der Waals surface area contributed by atoms with Crippen molar-refractivity contribution in [1.82, 2.24) is 30.2 Å². The van der Waals surface area contributed by atoms with E-state index in [0.29, 0.717) is 44.4 Å². The van der Waals surface area contributed by atoms with Crippen LogP contribution in [0, 0.1) is 0 Å². The first-order valence-corrected chi connectivity index (χ1v) is 14.3. The zero-order valence-corrected chi connectivity index (χ0v) is 23.9. The lowest BCUT2D eigenvalue weighted by Gasteiger charge is -2.28. The summed E-state index contributed by atoms with van der Waals surface area (Å²) in [6.07, 6.45) is 5.04. The monoisotopic (exact) mass is 561 g/mol. The van der Waals surface area contributed by atoms with Gasteiger partial charge in [-0.25, -0.2) is 15.0 Å². The SMILES string of the molecule is CCOCCN(C)CCCNC(=O)c1cccc(N2CCc3c(-c4cnc(N)nc4)nc(N4CCOCC4)nc32)c1. The van der Waals surface area contributed by atoms with Gasteiger partial charge in [0, 0.05) is 74.1 Å². The number of amides is 1. The molecule has 0 saturated carbocycles. The number of fused-ring (bicyclic) bond motifs is 1. The van der Waals surface area contributed by atoms with Gasteiger partial charge in [0.05, 0.1) is 25.5 Å². The summed E-state index contributed by atoms with van der Waals surface area (Å²) in [6, 6.07) is 7.71. The zero-order valence-electron chi connectivity index (χ0n) is 23.9. The molecule has 0 spiro atoms. The molecule has 218 valence electrons. The Labute approximate surface area is 240 Å². The third-order valence-corrected chi connectivity index (χ3v) is 7.30. The highest BCUT2D eigenvalue weighted by Crippen LogP contribution is 2.39. The average molecular weight is 562 g/mol.